The molecule has 2 atom stereocenters. The number of fused-ring (bicyclic) bond motifs is 1. The molecule has 1 aliphatic rings. The second-order valence-corrected chi connectivity index (χ2v) is 6.91. The minimum atomic E-state index is -0.446. The summed E-state index contributed by atoms with van der Waals surface area (Å²) in [5, 5.41) is 3.58. The number of nitrogens with zero attached hydrogens (tertiary/aromatic N) is 1. The van der Waals surface area contributed by atoms with Crippen molar-refractivity contribution in [2.75, 3.05) is 11.9 Å². The molecule has 0 bridgehead atoms. The van der Waals surface area contributed by atoms with Gasteiger partial charge in [-0.1, -0.05) is 30.3 Å². The van der Waals surface area contributed by atoms with Gasteiger partial charge in [0, 0.05) is 11.5 Å². The van der Waals surface area contributed by atoms with Crippen molar-refractivity contribution < 1.29 is 9.53 Å². The molecule has 4 nitrogen and oxygen atoms in total. The van der Waals surface area contributed by atoms with E-state index >= 15 is 0 Å². The number of anilines is 1. The number of carbonyl (C=O) groups excluding carboxylic acids is 1. The molecule has 0 aliphatic heterocycles. The molecule has 1 heterocycles. The smallest absolute Gasteiger partial charge is 0.254 e. The number of carbonyl (C=O) groups is 1. The molecular weight excluding hydrogens is 308 g/mol. The zero-order valence-corrected chi connectivity index (χ0v) is 14.4. The van der Waals surface area contributed by atoms with Crippen LogP contribution < -0.4 is 5.32 Å². The van der Waals surface area contributed by atoms with Crippen LogP contribution in [0.25, 0.3) is 0 Å². The lowest BCUT2D eigenvalue weighted by molar-refractivity contribution is -0.126. The van der Waals surface area contributed by atoms with Crippen LogP contribution in [-0.2, 0) is 22.4 Å². The maximum Gasteiger partial charge on any atom is 0.254 e. The van der Waals surface area contributed by atoms with Crippen molar-refractivity contribution in [3.05, 3.63) is 46.5 Å². The van der Waals surface area contributed by atoms with Gasteiger partial charge in [0.15, 0.2) is 5.13 Å². The highest BCUT2D eigenvalue weighted by molar-refractivity contribution is 7.15. The summed E-state index contributed by atoms with van der Waals surface area (Å²) in [6.45, 7) is 4.18. The predicted octanol–water partition coefficient (Wildman–Crippen LogP) is 3.78. The van der Waals surface area contributed by atoms with E-state index in [1.54, 1.807) is 18.3 Å². The Labute approximate surface area is 140 Å². The summed E-state index contributed by atoms with van der Waals surface area (Å²) in [5.41, 5.74) is 2.53. The Balaban J connectivity index is 1.68. The van der Waals surface area contributed by atoms with Crippen molar-refractivity contribution in [1.29, 1.82) is 0 Å². The van der Waals surface area contributed by atoms with Gasteiger partial charge >= 0.3 is 0 Å². The Morgan fingerprint density at radius 1 is 1.43 bits per heavy atom. The molecule has 1 amide bonds. The van der Waals surface area contributed by atoms with Crippen molar-refractivity contribution in [1.82, 2.24) is 4.98 Å². The third-order valence-electron chi connectivity index (χ3n) is 4.23. The number of benzene rings is 1. The van der Waals surface area contributed by atoms with Crippen LogP contribution in [0.4, 0.5) is 5.13 Å². The van der Waals surface area contributed by atoms with Crippen LogP contribution in [0.15, 0.2) is 30.3 Å². The normalized spacial score (nSPS) is 18.3. The van der Waals surface area contributed by atoms with Gasteiger partial charge in [-0.25, -0.2) is 4.98 Å². The molecule has 122 valence electrons. The lowest BCUT2D eigenvalue weighted by Crippen LogP contribution is -2.27. The van der Waals surface area contributed by atoms with E-state index in [1.165, 1.54) is 10.4 Å². The predicted molar refractivity (Wildman–Crippen MR) is 93.0 cm³/mol. The highest BCUT2D eigenvalue weighted by Crippen LogP contribution is 2.36. The fraction of sp³-hybridized carbons (Fsp3) is 0.444. The molecule has 2 unspecified atom stereocenters. The average molecular weight is 330 g/mol. The molecule has 3 rings (SSSR count). The summed E-state index contributed by atoms with van der Waals surface area (Å²) in [4.78, 5) is 17.9. The van der Waals surface area contributed by atoms with Crippen LogP contribution in [0.3, 0.4) is 0 Å². The fourth-order valence-electron chi connectivity index (χ4n) is 2.97. The number of hydrogen-bond acceptors (Lipinski definition) is 4. The molecule has 1 aromatic heterocycles. The first-order chi connectivity index (χ1) is 11.2. The van der Waals surface area contributed by atoms with Crippen LogP contribution >= 0.6 is 11.3 Å². The van der Waals surface area contributed by atoms with Crippen molar-refractivity contribution in [3.8, 4) is 0 Å². The Morgan fingerprint density at radius 3 is 2.96 bits per heavy atom. The number of ether oxygens (including phenoxy) is 1. The molecule has 5 heteroatoms. The molecule has 0 saturated heterocycles. The van der Waals surface area contributed by atoms with E-state index in [2.05, 4.69) is 40.6 Å². The second kappa shape index (κ2) is 7.23. The third-order valence-corrected chi connectivity index (χ3v) is 5.26. The number of rotatable bonds is 5. The summed E-state index contributed by atoms with van der Waals surface area (Å²) in [5.74, 6) is 0.424. The lowest BCUT2D eigenvalue weighted by Gasteiger charge is -2.21. The van der Waals surface area contributed by atoms with E-state index in [4.69, 9.17) is 4.74 Å². The minimum absolute atomic E-state index is 0.127. The van der Waals surface area contributed by atoms with Gasteiger partial charge in [0.25, 0.3) is 5.91 Å². The molecule has 0 radical (unpaired) electrons. The number of thiazole rings is 1. The van der Waals surface area contributed by atoms with Gasteiger partial charge in [0.05, 0.1) is 5.69 Å². The molecule has 1 N–H and O–H groups in total. The Hall–Kier alpha value is -1.72. The molecule has 1 aliphatic carbocycles. The van der Waals surface area contributed by atoms with Crippen LogP contribution in [-0.4, -0.2) is 23.6 Å². The summed E-state index contributed by atoms with van der Waals surface area (Å²) < 4.78 is 5.32. The van der Waals surface area contributed by atoms with Gasteiger partial charge in [0.2, 0.25) is 0 Å². The first kappa shape index (κ1) is 16.1. The Kier molecular flexibility index (Phi) is 5.08. The molecule has 2 aromatic rings. The molecule has 0 fully saturated rings. The molecule has 1 aromatic carbocycles. The minimum Gasteiger partial charge on any atom is -0.369 e. The second-order valence-electron chi connectivity index (χ2n) is 5.83. The highest BCUT2D eigenvalue weighted by Gasteiger charge is 2.24. The monoisotopic (exact) mass is 330 g/mol. The number of amides is 1. The molecular formula is C18H22N2O2S. The molecule has 0 saturated carbocycles. The number of nitrogens with one attached hydrogen (secondary N) is 1. The van der Waals surface area contributed by atoms with E-state index < -0.39 is 6.10 Å². The van der Waals surface area contributed by atoms with Gasteiger partial charge in [-0.05, 0) is 44.6 Å². The lowest BCUT2D eigenvalue weighted by atomic mass is 9.85. The van der Waals surface area contributed by atoms with Gasteiger partial charge in [-0.15, -0.1) is 11.3 Å². The maximum atomic E-state index is 12.0. The zero-order chi connectivity index (χ0) is 16.2. The van der Waals surface area contributed by atoms with E-state index in [0.717, 1.165) is 25.0 Å². The average Bonchev–Trinajstić information content (AvgIpc) is 2.97. The van der Waals surface area contributed by atoms with Crippen molar-refractivity contribution in [2.24, 2.45) is 0 Å². The third kappa shape index (κ3) is 3.79. The van der Waals surface area contributed by atoms with Crippen molar-refractivity contribution in [3.63, 3.8) is 0 Å². The first-order valence-corrected chi connectivity index (χ1v) is 8.95. The van der Waals surface area contributed by atoms with Crippen LogP contribution in [0.5, 0.6) is 0 Å². The van der Waals surface area contributed by atoms with Gasteiger partial charge < -0.3 is 4.74 Å². The van der Waals surface area contributed by atoms with E-state index in [-0.39, 0.29) is 5.91 Å². The largest absolute Gasteiger partial charge is 0.369 e. The van der Waals surface area contributed by atoms with Crippen molar-refractivity contribution >= 4 is 22.4 Å². The standard InChI is InChI=1S/C18H22N2O2S/c1-3-22-12(2)17(21)20-18-19-15-10-9-14(11-16(15)23-18)13-7-5-4-6-8-13/h4-8,12,14H,3,9-11H2,1-2H3,(H,19,20,21). The maximum absolute atomic E-state index is 12.0. The van der Waals surface area contributed by atoms with E-state index in [9.17, 15) is 4.79 Å². The quantitative estimate of drug-likeness (QED) is 0.908. The van der Waals surface area contributed by atoms with E-state index in [1.807, 2.05) is 6.92 Å². The van der Waals surface area contributed by atoms with Crippen LogP contribution in [0.2, 0.25) is 0 Å². The van der Waals surface area contributed by atoms with Gasteiger partial charge in [-0.3, -0.25) is 10.1 Å². The van der Waals surface area contributed by atoms with Crippen LogP contribution in [0.1, 0.15) is 42.3 Å². The summed E-state index contributed by atoms with van der Waals surface area (Å²) in [6.07, 6.45) is 2.65. The SMILES string of the molecule is CCOC(C)C(=O)Nc1nc2c(s1)CC(c1ccccc1)CC2. The van der Waals surface area contributed by atoms with Crippen molar-refractivity contribution in [2.45, 2.75) is 45.1 Å². The number of hydrogen-bond donors (Lipinski definition) is 1. The van der Waals surface area contributed by atoms with Crippen LogP contribution in [0, 0.1) is 0 Å². The van der Waals surface area contributed by atoms with Gasteiger partial charge in [-0.2, -0.15) is 0 Å². The highest BCUT2D eigenvalue weighted by atomic mass is 32.1. The summed E-state index contributed by atoms with van der Waals surface area (Å²) in [7, 11) is 0. The Bertz CT molecular complexity index is 669. The number of aryl methyl sites for hydroxylation is 1. The summed E-state index contributed by atoms with van der Waals surface area (Å²) in [6, 6.07) is 10.6. The van der Waals surface area contributed by atoms with Gasteiger partial charge in [0.1, 0.15) is 6.10 Å². The summed E-state index contributed by atoms with van der Waals surface area (Å²) >= 11 is 1.60. The Morgan fingerprint density at radius 2 is 2.22 bits per heavy atom. The fourth-order valence-corrected chi connectivity index (χ4v) is 4.06. The van der Waals surface area contributed by atoms with E-state index in [0.29, 0.717) is 17.7 Å². The first-order valence-electron chi connectivity index (χ1n) is 8.13. The zero-order valence-electron chi connectivity index (χ0n) is 13.5. The molecule has 23 heavy (non-hydrogen) atoms. The number of aromatic nitrogens is 1. The molecule has 0 spiro atoms. The topological polar surface area (TPSA) is 51.2 Å².